The van der Waals surface area contributed by atoms with Gasteiger partial charge in [-0.2, -0.15) is 0 Å². The fourth-order valence-corrected chi connectivity index (χ4v) is 3.76. The lowest BCUT2D eigenvalue weighted by molar-refractivity contribution is 0.203. The van der Waals surface area contributed by atoms with Gasteiger partial charge < -0.3 is 20.2 Å². The number of guanidine groups is 1. The van der Waals surface area contributed by atoms with E-state index >= 15 is 0 Å². The van der Waals surface area contributed by atoms with Crippen LogP contribution in [0.25, 0.3) is 0 Å². The Kier molecular flexibility index (Phi) is 8.08. The Morgan fingerprint density at radius 3 is 2.33 bits per heavy atom. The van der Waals surface area contributed by atoms with Crippen LogP contribution in [0.2, 0.25) is 0 Å². The van der Waals surface area contributed by atoms with Crippen LogP contribution in [-0.2, 0) is 13.1 Å². The summed E-state index contributed by atoms with van der Waals surface area (Å²) in [5, 5.41) is 12.6. The van der Waals surface area contributed by atoms with Gasteiger partial charge in [-0.15, -0.1) is 0 Å². The maximum atomic E-state index is 13.1. The van der Waals surface area contributed by atoms with Crippen molar-refractivity contribution in [1.29, 1.82) is 0 Å². The molecule has 0 unspecified atom stereocenters. The molecule has 0 atom stereocenters. The van der Waals surface area contributed by atoms with E-state index in [-0.39, 0.29) is 5.82 Å². The van der Waals surface area contributed by atoms with Gasteiger partial charge in [-0.3, -0.25) is 0 Å². The molecule has 3 rings (SSSR count). The molecule has 2 aromatic rings. The molecule has 1 fully saturated rings. The fraction of sp³-hybridized carbons (Fsp3) is 0.458. The van der Waals surface area contributed by atoms with Crippen molar-refractivity contribution < 1.29 is 9.50 Å². The van der Waals surface area contributed by atoms with E-state index in [9.17, 15) is 9.50 Å². The van der Waals surface area contributed by atoms with Crippen LogP contribution in [0.5, 0.6) is 0 Å². The number of aliphatic imine (C=N–C) groups is 1. The molecule has 0 aromatic heterocycles. The minimum atomic E-state index is -0.219. The molecular formula is C24H33FN4O. The van der Waals surface area contributed by atoms with Crippen LogP contribution in [0, 0.1) is 11.7 Å². The molecule has 0 bridgehead atoms. The third kappa shape index (κ3) is 6.20. The number of aliphatic hydroxyl groups is 1. The molecule has 0 aliphatic carbocycles. The van der Waals surface area contributed by atoms with E-state index in [0.717, 1.165) is 49.6 Å². The second kappa shape index (κ2) is 11.0. The second-order valence-corrected chi connectivity index (χ2v) is 7.93. The smallest absolute Gasteiger partial charge is 0.194 e. The summed E-state index contributed by atoms with van der Waals surface area (Å²) in [5.74, 6) is 1.06. The third-order valence-electron chi connectivity index (χ3n) is 5.62. The number of anilines is 1. The van der Waals surface area contributed by atoms with Crippen molar-refractivity contribution >= 4 is 11.6 Å². The lowest BCUT2D eigenvalue weighted by Gasteiger charge is -2.32. The molecular weight excluding hydrogens is 379 g/mol. The standard InChI is InChI=1S/C24H33FN4O/c1-3-26-24(28(2)17-20-4-8-22(25)9-5-20)27-16-19-6-10-23(11-7-19)29-14-12-21(18-30)13-15-29/h4-11,21,30H,3,12-18H2,1-2H3,(H,26,27). The van der Waals surface area contributed by atoms with Gasteiger partial charge in [0.05, 0.1) is 6.54 Å². The van der Waals surface area contributed by atoms with Crippen molar-refractivity contribution in [3.05, 3.63) is 65.5 Å². The summed E-state index contributed by atoms with van der Waals surface area (Å²) in [4.78, 5) is 9.22. The number of hydrogen-bond acceptors (Lipinski definition) is 3. The van der Waals surface area contributed by atoms with Crippen LogP contribution in [-0.4, -0.2) is 49.3 Å². The first kappa shape index (κ1) is 22.1. The monoisotopic (exact) mass is 412 g/mol. The quantitative estimate of drug-likeness (QED) is 0.539. The molecule has 1 aliphatic rings. The number of nitrogens with zero attached hydrogens (tertiary/aromatic N) is 3. The topological polar surface area (TPSA) is 51.1 Å². The van der Waals surface area contributed by atoms with Gasteiger partial charge in [0.15, 0.2) is 5.96 Å². The zero-order valence-corrected chi connectivity index (χ0v) is 18.0. The van der Waals surface area contributed by atoms with Gasteiger partial charge >= 0.3 is 0 Å². The molecule has 5 nitrogen and oxygen atoms in total. The van der Waals surface area contributed by atoms with E-state index in [1.807, 2.05) is 7.05 Å². The van der Waals surface area contributed by atoms with Gasteiger partial charge in [0, 0.05) is 45.5 Å². The van der Waals surface area contributed by atoms with Crippen molar-refractivity contribution in [3.63, 3.8) is 0 Å². The number of aliphatic hydroxyl groups excluding tert-OH is 1. The highest BCUT2D eigenvalue weighted by molar-refractivity contribution is 5.79. The molecule has 0 spiro atoms. The van der Waals surface area contributed by atoms with Gasteiger partial charge in [0.25, 0.3) is 0 Å². The number of benzene rings is 2. The minimum absolute atomic E-state index is 0.219. The highest BCUT2D eigenvalue weighted by Crippen LogP contribution is 2.23. The Bertz CT molecular complexity index is 799. The summed E-state index contributed by atoms with van der Waals surface area (Å²) in [6.45, 7) is 6.40. The van der Waals surface area contributed by atoms with Gasteiger partial charge in [0.1, 0.15) is 5.82 Å². The second-order valence-electron chi connectivity index (χ2n) is 7.93. The third-order valence-corrected chi connectivity index (χ3v) is 5.62. The van der Waals surface area contributed by atoms with Gasteiger partial charge in [-0.1, -0.05) is 24.3 Å². The van der Waals surface area contributed by atoms with E-state index in [0.29, 0.717) is 25.6 Å². The lowest BCUT2D eigenvalue weighted by atomic mass is 9.97. The molecule has 6 heteroatoms. The predicted molar refractivity (Wildman–Crippen MR) is 121 cm³/mol. The minimum Gasteiger partial charge on any atom is -0.396 e. The number of rotatable bonds is 7. The van der Waals surface area contributed by atoms with Crippen molar-refractivity contribution in [2.75, 3.05) is 38.2 Å². The first-order valence-corrected chi connectivity index (χ1v) is 10.8. The molecule has 1 heterocycles. The Labute approximate surface area is 179 Å². The van der Waals surface area contributed by atoms with Crippen LogP contribution in [0.1, 0.15) is 30.9 Å². The van der Waals surface area contributed by atoms with Gasteiger partial charge in [-0.25, -0.2) is 9.38 Å². The van der Waals surface area contributed by atoms with Crippen LogP contribution >= 0.6 is 0 Å². The highest BCUT2D eigenvalue weighted by Gasteiger charge is 2.18. The fourth-order valence-electron chi connectivity index (χ4n) is 3.76. The normalized spacial score (nSPS) is 15.3. The zero-order valence-electron chi connectivity index (χ0n) is 18.0. The van der Waals surface area contributed by atoms with Crippen molar-refractivity contribution in [1.82, 2.24) is 10.2 Å². The molecule has 0 saturated carbocycles. The van der Waals surface area contributed by atoms with Crippen LogP contribution in [0.4, 0.5) is 10.1 Å². The average molecular weight is 413 g/mol. The maximum Gasteiger partial charge on any atom is 0.194 e. The molecule has 0 amide bonds. The van der Waals surface area contributed by atoms with Crippen LogP contribution < -0.4 is 10.2 Å². The number of nitrogens with one attached hydrogen (secondary N) is 1. The molecule has 2 N–H and O–H groups in total. The average Bonchev–Trinajstić information content (AvgIpc) is 2.78. The summed E-state index contributed by atoms with van der Waals surface area (Å²) < 4.78 is 13.1. The number of halogens is 1. The van der Waals surface area contributed by atoms with E-state index in [1.165, 1.54) is 17.8 Å². The Hall–Kier alpha value is -2.60. The maximum absolute atomic E-state index is 13.1. The molecule has 0 radical (unpaired) electrons. The molecule has 1 aliphatic heterocycles. The highest BCUT2D eigenvalue weighted by atomic mass is 19.1. The summed E-state index contributed by atoms with van der Waals surface area (Å²) in [7, 11) is 1.99. The molecule has 30 heavy (non-hydrogen) atoms. The SMILES string of the molecule is CCNC(=NCc1ccc(N2CCC(CO)CC2)cc1)N(C)Cc1ccc(F)cc1. The number of hydrogen-bond donors (Lipinski definition) is 2. The number of piperidine rings is 1. The van der Waals surface area contributed by atoms with E-state index in [1.54, 1.807) is 12.1 Å². The molecule has 1 saturated heterocycles. The summed E-state index contributed by atoms with van der Waals surface area (Å²) in [6, 6.07) is 15.2. The molecule has 162 valence electrons. The Morgan fingerprint density at radius 2 is 1.73 bits per heavy atom. The summed E-state index contributed by atoms with van der Waals surface area (Å²) in [5.41, 5.74) is 3.44. The Morgan fingerprint density at radius 1 is 1.10 bits per heavy atom. The van der Waals surface area contributed by atoms with Gasteiger partial charge in [0.2, 0.25) is 0 Å². The first-order chi connectivity index (χ1) is 14.6. The Balaban J connectivity index is 1.59. The van der Waals surface area contributed by atoms with E-state index in [4.69, 9.17) is 4.99 Å². The summed E-state index contributed by atoms with van der Waals surface area (Å²) >= 11 is 0. The summed E-state index contributed by atoms with van der Waals surface area (Å²) in [6.07, 6.45) is 2.10. The van der Waals surface area contributed by atoms with Crippen LogP contribution in [0.15, 0.2) is 53.5 Å². The van der Waals surface area contributed by atoms with Crippen molar-refractivity contribution in [2.24, 2.45) is 10.9 Å². The van der Waals surface area contributed by atoms with Crippen molar-refractivity contribution in [2.45, 2.75) is 32.9 Å². The molecule has 2 aromatic carbocycles. The van der Waals surface area contributed by atoms with Crippen molar-refractivity contribution in [3.8, 4) is 0 Å². The first-order valence-electron chi connectivity index (χ1n) is 10.8. The van der Waals surface area contributed by atoms with Gasteiger partial charge in [-0.05, 0) is 61.1 Å². The van der Waals surface area contributed by atoms with E-state index < -0.39 is 0 Å². The van der Waals surface area contributed by atoms with Crippen LogP contribution in [0.3, 0.4) is 0 Å². The predicted octanol–water partition coefficient (Wildman–Crippen LogP) is 3.63. The zero-order chi connectivity index (χ0) is 21.3. The lowest BCUT2D eigenvalue weighted by Crippen LogP contribution is -2.38. The largest absolute Gasteiger partial charge is 0.396 e. The van der Waals surface area contributed by atoms with E-state index in [2.05, 4.69) is 46.3 Å².